The molecule has 18 rings (SSSR count). The van der Waals surface area contributed by atoms with Crippen molar-refractivity contribution in [1.29, 1.82) is 0 Å². The lowest BCUT2D eigenvalue weighted by Crippen LogP contribution is -2.54. The van der Waals surface area contributed by atoms with E-state index >= 15 is 0 Å². The molecule has 0 saturated heterocycles. The first-order valence-corrected chi connectivity index (χ1v) is 33.2. The molecule has 89 heavy (non-hydrogen) atoms. The van der Waals surface area contributed by atoms with Crippen LogP contribution in [0.1, 0.15) is 135 Å². The van der Waals surface area contributed by atoms with Gasteiger partial charge in [0.25, 0.3) is 0 Å². The van der Waals surface area contributed by atoms with Crippen molar-refractivity contribution in [3.05, 3.63) is 224 Å². The number of nitrogens with zero attached hydrogens (tertiary/aromatic N) is 6. The van der Waals surface area contributed by atoms with Gasteiger partial charge in [-0.1, -0.05) is 144 Å². The van der Waals surface area contributed by atoms with Gasteiger partial charge in [0.05, 0.1) is 16.6 Å². The largest absolute Gasteiger partial charge is 0.334 e. The molecule has 0 spiro atoms. The first-order chi connectivity index (χ1) is 43.4. The number of benzene rings is 9. The van der Waals surface area contributed by atoms with Crippen LogP contribution in [0.3, 0.4) is 0 Å². The van der Waals surface area contributed by atoms with Crippen molar-refractivity contribution in [2.75, 3.05) is 14.7 Å². The average Bonchev–Trinajstić information content (AvgIpc) is 1.65. The molecule has 0 amide bonds. The zero-order valence-corrected chi connectivity index (χ0v) is 52.3. The van der Waals surface area contributed by atoms with E-state index in [9.17, 15) is 0 Å². The van der Waals surface area contributed by atoms with Gasteiger partial charge >= 0.3 is 0 Å². The highest BCUT2D eigenvalue weighted by atomic mass is 15.3. The van der Waals surface area contributed by atoms with Crippen LogP contribution in [0, 0.1) is 0 Å². The van der Waals surface area contributed by atoms with E-state index in [4.69, 9.17) is 0 Å². The van der Waals surface area contributed by atoms with Gasteiger partial charge in [-0.3, -0.25) is 15.0 Å². The maximum Gasteiger partial charge on any atom is 0.0517 e. The van der Waals surface area contributed by atoms with E-state index in [1.54, 1.807) is 0 Å². The third-order valence-electron chi connectivity index (χ3n) is 25.0. The number of anilines is 6. The summed E-state index contributed by atoms with van der Waals surface area (Å²) in [5.74, 6) is 0. The Morgan fingerprint density at radius 2 is 0.629 bits per heavy atom. The first-order valence-electron chi connectivity index (χ1n) is 33.2. The Bertz CT molecular complexity index is 4730. The Kier molecular flexibility index (Phi) is 11.3. The molecule has 6 nitrogen and oxygen atoms in total. The zero-order valence-electron chi connectivity index (χ0n) is 52.3. The molecule has 3 aliphatic carbocycles. The van der Waals surface area contributed by atoms with Gasteiger partial charge in [0, 0.05) is 87.6 Å². The maximum atomic E-state index is 4.50. The van der Waals surface area contributed by atoms with E-state index in [1.807, 2.05) is 37.2 Å². The maximum absolute atomic E-state index is 4.50. The first kappa shape index (κ1) is 53.2. The summed E-state index contributed by atoms with van der Waals surface area (Å²) in [6.07, 6.45) is 26.0. The number of hydrogen-bond acceptors (Lipinski definition) is 6. The summed E-state index contributed by atoms with van der Waals surface area (Å²) in [7, 11) is 0. The van der Waals surface area contributed by atoms with Crippen LogP contribution in [0.4, 0.5) is 34.1 Å². The number of fused-ring (bicyclic) bond motifs is 10. The molecule has 3 fully saturated rings. The Hall–Kier alpha value is -8.87. The van der Waals surface area contributed by atoms with E-state index in [2.05, 4.69) is 241 Å². The molecule has 6 atom stereocenters. The predicted octanol–water partition coefficient (Wildman–Crippen LogP) is 21.8. The molecule has 3 aliphatic heterocycles. The molecule has 6 aliphatic rings. The van der Waals surface area contributed by atoms with Crippen molar-refractivity contribution in [2.45, 2.75) is 151 Å². The van der Waals surface area contributed by atoms with E-state index in [0.717, 1.165) is 38.5 Å². The lowest BCUT2D eigenvalue weighted by molar-refractivity contribution is 0.195. The van der Waals surface area contributed by atoms with Crippen LogP contribution in [-0.4, -0.2) is 31.6 Å². The Labute approximate surface area is 523 Å². The molecule has 6 heterocycles. The molecule has 9 aromatic carbocycles. The van der Waals surface area contributed by atoms with Gasteiger partial charge in [0.1, 0.15) is 0 Å². The topological polar surface area (TPSA) is 48.4 Å². The molecule has 6 heteroatoms. The van der Waals surface area contributed by atoms with Gasteiger partial charge in [-0.15, -0.1) is 0 Å². The summed E-state index contributed by atoms with van der Waals surface area (Å²) in [6.45, 7) is 15.3. The van der Waals surface area contributed by atoms with Crippen LogP contribution in [0.5, 0.6) is 0 Å². The predicted molar refractivity (Wildman–Crippen MR) is 371 cm³/mol. The van der Waals surface area contributed by atoms with Gasteiger partial charge < -0.3 is 14.7 Å². The minimum Gasteiger partial charge on any atom is -0.334 e. The summed E-state index contributed by atoms with van der Waals surface area (Å²) in [6, 6.07) is 67.0. The third kappa shape index (κ3) is 7.01. The van der Waals surface area contributed by atoms with Gasteiger partial charge in [-0.05, 0) is 249 Å². The molecule has 3 aromatic heterocycles. The van der Waals surface area contributed by atoms with Crippen molar-refractivity contribution >= 4 is 77.2 Å². The summed E-state index contributed by atoms with van der Waals surface area (Å²) in [5.41, 5.74) is 21.8. The van der Waals surface area contributed by atoms with Crippen LogP contribution in [0.2, 0.25) is 0 Å². The number of rotatable bonds is 7. The van der Waals surface area contributed by atoms with E-state index < -0.39 is 0 Å². The molecule has 12 aromatic rings. The van der Waals surface area contributed by atoms with Crippen LogP contribution in [0.25, 0.3) is 87.6 Å². The van der Waals surface area contributed by atoms with Gasteiger partial charge in [0.2, 0.25) is 0 Å². The summed E-state index contributed by atoms with van der Waals surface area (Å²) >= 11 is 0. The molecule has 0 N–H and O–H groups in total. The highest BCUT2D eigenvalue weighted by molar-refractivity contribution is 6.32. The lowest BCUT2D eigenvalue weighted by atomic mass is 9.61. The normalized spacial score (nSPS) is 26.0. The second kappa shape index (κ2) is 18.8. The molecule has 3 saturated carbocycles. The molecule has 438 valence electrons. The Morgan fingerprint density at radius 1 is 0.292 bits per heavy atom. The molecular weight excluding hydrogens is 1080 g/mol. The van der Waals surface area contributed by atoms with Crippen molar-refractivity contribution < 1.29 is 0 Å². The van der Waals surface area contributed by atoms with E-state index in [0.29, 0.717) is 0 Å². The van der Waals surface area contributed by atoms with Crippen LogP contribution >= 0.6 is 0 Å². The fourth-order valence-corrected chi connectivity index (χ4v) is 19.8. The standard InChI is InChI=1S/C83H76N6/c1-78-36-9-12-39-81(78,4)87(57-30-42-84-43-31-57)73-27-20-54(48-70(73)78)66-51-67(55-21-28-74-71(49-55)79(2)37-10-13-40-82(79,5)88(74)58-32-44-85-45-33-58)63-25-26-65-69(61-19-15-17-53-16-7-8-18-60(53)61)52-68(64-24-23-62(66)76(63)77(64)65)56-22-29-75-72(50-56)80(3)38-11-14-41-83(80,6)89(75)59-34-46-86-47-35-59/h7-8,15-35,42-52H,9-14,36-41H2,1-6H3. The quantitative estimate of drug-likeness (QED) is 0.148. The lowest BCUT2D eigenvalue weighted by Gasteiger charge is -2.50. The van der Waals surface area contributed by atoms with Crippen molar-refractivity contribution in [2.24, 2.45) is 0 Å². The molecule has 6 unspecified atom stereocenters. The minimum absolute atomic E-state index is 0.0550. The van der Waals surface area contributed by atoms with Crippen LogP contribution < -0.4 is 14.7 Å². The highest BCUT2D eigenvalue weighted by Crippen LogP contribution is 2.65. The van der Waals surface area contributed by atoms with Crippen molar-refractivity contribution in [3.63, 3.8) is 0 Å². The van der Waals surface area contributed by atoms with Crippen LogP contribution in [-0.2, 0) is 16.2 Å². The van der Waals surface area contributed by atoms with Gasteiger partial charge in [-0.2, -0.15) is 0 Å². The average molecular weight is 1160 g/mol. The minimum atomic E-state index is -0.0873. The van der Waals surface area contributed by atoms with E-state index in [-0.39, 0.29) is 32.9 Å². The Balaban J connectivity index is 0.931. The van der Waals surface area contributed by atoms with Gasteiger partial charge in [-0.25, -0.2) is 0 Å². The summed E-state index contributed by atoms with van der Waals surface area (Å²) in [4.78, 5) is 21.5. The zero-order chi connectivity index (χ0) is 59.8. The fraction of sp³-hybridized carbons (Fsp3) is 0.289. The van der Waals surface area contributed by atoms with Crippen molar-refractivity contribution in [3.8, 4) is 44.5 Å². The van der Waals surface area contributed by atoms with Crippen molar-refractivity contribution in [1.82, 2.24) is 15.0 Å². The second-order valence-corrected chi connectivity index (χ2v) is 28.8. The summed E-state index contributed by atoms with van der Waals surface area (Å²) in [5, 5.41) is 10.4. The third-order valence-corrected chi connectivity index (χ3v) is 25.0. The number of hydrogen-bond donors (Lipinski definition) is 0. The fourth-order valence-electron chi connectivity index (χ4n) is 19.8. The second-order valence-electron chi connectivity index (χ2n) is 28.8. The van der Waals surface area contributed by atoms with E-state index in [1.165, 1.54) is 177 Å². The molecular formula is C83H76N6. The number of pyridine rings is 3. The molecule has 0 bridgehead atoms. The highest BCUT2D eigenvalue weighted by Gasteiger charge is 2.60. The van der Waals surface area contributed by atoms with Gasteiger partial charge in [0.15, 0.2) is 0 Å². The SMILES string of the molecule is CC12CCCCC1(C)N(c1ccncc1)c1ccc(-c3cc(-c4ccc5c(c4)C4(C)CCCCC4(C)N5c4ccncc4)c4ccc5c(-c6cccc7ccccc67)cc(-c6ccc7c(c6)C6(C)CCCCC6(C)N7c6ccncc6)c6ccc3c4c65)cc12. The summed E-state index contributed by atoms with van der Waals surface area (Å²) < 4.78 is 0. The number of aromatic nitrogens is 3. The van der Waals surface area contributed by atoms with Crippen LogP contribution in [0.15, 0.2) is 207 Å². The Morgan fingerprint density at radius 3 is 1.02 bits per heavy atom. The molecule has 0 radical (unpaired) electrons. The smallest absolute Gasteiger partial charge is 0.0517 e. The monoisotopic (exact) mass is 1160 g/mol.